The number of hydrogen-bond acceptors (Lipinski definition) is 6. The van der Waals surface area contributed by atoms with Gasteiger partial charge in [0.25, 0.3) is 0 Å². The number of Topliss-reactive ketones (excluding diaryl/α,β-unsaturated/α-hetero) is 1. The monoisotopic (exact) mass is 390 g/mol. The summed E-state index contributed by atoms with van der Waals surface area (Å²) in [5, 5.41) is 12.8. The summed E-state index contributed by atoms with van der Waals surface area (Å²) < 4.78 is 0.887. The van der Waals surface area contributed by atoms with E-state index in [2.05, 4.69) is 15.6 Å². The van der Waals surface area contributed by atoms with Gasteiger partial charge in [0, 0.05) is 19.4 Å². The van der Waals surface area contributed by atoms with Crippen LogP contribution in [-0.4, -0.2) is 41.1 Å². The predicted molar refractivity (Wildman–Crippen MR) is 103 cm³/mol. The van der Waals surface area contributed by atoms with Crippen molar-refractivity contribution in [3.63, 3.8) is 0 Å². The highest BCUT2D eigenvalue weighted by atomic mass is 32.1. The third kappa shape index (κ3) is 6.33. The van der Waals surface area contributed by atoms with Crippen LogP contribution < -0.4 is 22.1 Å². The second kappa shape index (κ2) is 9.62. The Labute approximate surface area is 160 Å². The number of fused-ring (bicyclic) bond motifs is 1. The van der Waals surface area contributed by atoms with E-state index in [0.29, 0.717) is 24.4 Å². The average Bonchev–Trinajstić information content (AvgIpc) is 3.05. The van der Waals surface area contributed by atoms with Gasteiger partial charge >= 0.3 is 0 Å². The first-order valence-corrected chi connectivity index (χ1v) is 9.24. The number of nitrogens with zero attached hydrogens (tertiary/aromatic N) is 1. The number of carbonyl (C=O) groups excluding carboxylic acids is 3. The van der Waals surface area contributed by atoms with Crippen LogP contribution in [0.4, 0.5) is 0 Å². The lowest BCUT2D eigenvalue weighted by Gasteiger charge is -2.16. The van der Waals surface area contributed by atoms with Gasteiger partial charge < -0.3 is 22.1 Å². The number of thiazole rings is 1. The average molecular weight is 390 g/mol. The van der Waals surface area contributed by atoms with Crippen molar-refractivity contribution >= 4 is 45.1 Å². The molecule has 0 fully saturated rings. The molecule has 144 valence electrons. The normalized spacial score (nSPS) is 11.7. The number of nitrogens with one attached hydrogen (secondary N) is 3. The number of para-hydroxylation sites is 1. The van der Waals surface area contributed by atoms with Crippen LogP contribution in [-0.2, 0) is 9.59 Å². The molecule has 0 aliphatic rings. The fourth-order valence-electron chi connectivity index (χ4n) is 2.43. The molecule has 1 unspecified atom stereocenters. The van der Waals surface area contributed by atoms with E-state index in [4.69, 9.17) is 16.9 Å². The summed E-state index contributed by atoms with van der Waals surface area (Å²) >= 11 is 1.27. The maximum atomic E-state index is 12.9. The minimum atomic E-state index is -0.778. The summed E-state index contributed by atoms with van der Waals surface area (Å²) in [5.74, 6) is -1.45. The highest BCUT2D eigenvalue weighted by Gasteiger charge is 2.24. The molecular formula is C17H22N6O3S. The molecule has 0 radical (unpaired) electrons. The van der Waals surface area contributed by atoms with E-state index in [0.717, 1.165) is 10.2 Å². The van der Waals surface area contributed by atoms with Crippen molar-refractivity contribution in [1.82, 2.24) is 15.6 Å². The van der Waals surface area contributed by atoms with E-state index in [1.807, 2.05) is 24.3 Å². The highest BCUT2D eigenvalue weighted by Crippen LogP contribution is 2.23. The van der Waals surface area contributed by atoms with Gasteiger partial charge in [-0.25, -0.2) is 4.98 Å². The first-order chi connectivity index (χ1) is 12.9. The largest absolute Gasteiger partial charge is 0.370 e. The number of nitrogens with two attached hydrogens (primary N) is 2. The third-order valence-electron chi connectivity index (χ3n) is 3.74. The van der Waals surface area contributed by atoms with Crippen molar-refractivity contribution < 1.29 is 14.4 Å². The van der Waals surface area contributed by atoms with Crippen molar-refractivity contribution in [2.45, 2.75) is 31.7 Å². The molecule has 9 nitrogen and oxygen atoms in total. The molecular weight excluding hydrogens is 368 g/mol. The van der Waals surface area contributed by atoms with Crippen LogP contribution >= 0.6 is 11.3 Å². The van der Waals surface area contributed by atoms with E-state index < -0.39 is 17.9 Å². The molecule has 2 aromatic rings. The second-order valence-electron chi connectivity index (χ2n) is 5.92. The van der Waals surface area contributed by atoms with Gasteiger partial charge in [-0.3, -0.25) is 19.8 Å². The molecule has 1 atom stereocenters. The predicted octanol–water partition coefficient (Wildman–Crippen LogP) is 0.493. The smallest absolute Gasteiger partial charge is 0.221 e. The van der Waals surface area contributed by atoms with Gasteiger partial charge in [0.2, 0.25) is 17.6 Å². The fourth-order valence-corrected chi connectivity index (χ4v) is 3.39. The number of amides is 2. The molecule has 1 aromatic carbocycles. The van der Waals surface area contributed by atoms with Gasteiger partial charge in [0.15, 0.2) is 11.0 Å². The number of primary amides is 1. The van der Waals surface area contributed by atoms with E-state index in [-0.39, 0.29) is 24.6 Å². The summed E-state index contributed by atoms with van der Waals surface area (Å²) in [6, 6.07) is 6.62. The van der Waals surface area contributed by atoms with Gasteiger partial charge in [0.05, 0.1) is 16.3 Å². The summed E-state index contributed by atoms with van der Waals surface area (Å²) in [7, 11) is 0. The van der Waals surface area contributed by atoms with Gasteiger partial charge in [-0.05, 0) is 25.0 Å². The lowest BCUT2D eigenvalue weighted by Crippen LogP contribution is -2.42. The fraction of sp³-hybridized carbons (Fsp3) is 0.353. The molecule has 1 heterocycles. The van der Waals surface area contributed by atoms with Crippen LogP contribution in [0.1, 0.15) is 35.5 Å². The quantitative estimate of drug-likeness (QED) is 0.171. The number of guanidine groups is 1. The zero-order chi connectivity index (χ0) is 19.8. The van der Waals surface area contributed by atoms with Crippen LogP contribution in [0.15, 0.2) is 24.3 Å². The molecule has 27 heavy (non-hydrogen) atoms. The van der Waals surface area contributed by atoms with Crippen molar-refractivity contribution in [3.8, 4) is 0 Å². The number of ketones is 1. The van der Waals surface area contributed by atoms with Crippen molar-refractivity contribution in [1.29, 1.82) is 5.41 Å². The Morgan fingerprint density at radius 2 is 1.93 bits per heavy atom. The molecule has 2 amide bonds. The molecule has 0 saturated carbocycles. The zero-order valence-electron chi connectivity index (χ0n) is 14.7. The maximum Gasteiger partial charge on any atom is 0.221 e. The van der Waals surface area contributed by atoms with Crippen LogP contribution in [0.2, 0.25) is 0 Å². The minimum Gasteiger partial charge on any atom is -0.370 e. The Bertz CT molecular complexity index is 817. The summed E-state index contributed by atoms with van der Waals surface area (Å²) in [6.07, 6.45) is 0.693. The van der Waals surface area contributed by atoms with Gasteiger partial charge in [-0.15, -0.1) is 11.3 Å². The molecule has 10 heteroatoms. The van der Waals surface area contributed by atoms with E-state index >= 15 is 0 Å². The maximum absolute atomic E-state index is 12.9. The summed E-state index contributed by atoms with van der Waals surface area (Å²) in [4.78, 5) is 40.1. The lowest BCUT2D eigenvalue weighted by atomic mass is 10.1. The zero-order valence-corrected chi connectivity index (χ0v) is 15.5. The molecule has 0 saturated heterocycles. The lowest BCUT2D eigenvalue weighted by molar-refractivity contribution is -0.125. The van der Waals surface area contributed by atoms with E-state index in [1.54, 1.807) is 0 Å². The van der Waals surface area contributed by atoms with Crippen LogP contribution in [0.25, 0.3) is 10.2 Å². The Morgan fingerprint density at radius 1 is 1.19 bits per heavy atom. The van der Waals surface area contributed by atoms with Crippen molar-refractivity contribution in [2.24, 2.45) is 11.5 Å². The third-order valence-corrected chi connectivity index (χ3v) is 4.79. The van der Waals surface area contributed by atoms with Gasteiger partial charge in [-0.2, -0.15) is 0 Å². The van der Waals surface area contributed by atoms with Crippen LogP contribution in [0.3, 0.4) is 0 Å². The number of hydrogen-bond donors (Lipinski definition) is 5. The van der Waals surface area contributed by atoms with Gasteiger partial charge in [-0.1, -0.05) is 12.1 Å². The molecule has 0 bridgehead atoms. The molecule has 0 spiro atoms. The Morgan fingerprint density at radius 3 is 2.59 bits per heavy atom. The molecule has 1 aromatic heterocycles. The highest BCUT2D eigenvalue weighted by molar-refractivity contribution is 7.20. The number of aromatic nitrogens is 1. The number of benzene rings is 1. The standard InChI is InChI=1S/C17H22N6O3S/c18-13(24)7-8-14(25)22-11(5-3-9-21-17(19)20)15(26)16-23-10-4-1-2-6-12(10)27-16/h1-2,4,6,11H,3,5,7-9H2,(H2,18,24)(H,22,25)(H4,19,20,21). The Balaban J connectivity index is 2.08. The number of rotatable bonds is 10. The Kier molecular flexibility index (Phi) is 7.24. The molecule has 0 aliphatic carbocycles. The minimum absolute atomic E-state index is 0.0787. The second-order valence-corrected chi connectivity index (χ2v) is 6.95. The van der Waals surface area contributed by atoms with Crippen LogP contribution in [0, 0.1) is 5.41 Å². The van der Waals surface area contributed by atoms with Gasteiger partial charge in [0.1, 0.15) is 0 Å². The number of carbonyl (C=O) groups is 3. The van der Waals surface area contributed by atoms with E-state index in [9.17, 15) is 14.4 Å². The molecule has 0 aliphatic heterocycles. The summed E-state index contributed by atoms with van der Waals surface area (Å²) in [6.45, 7) is 0.399. The Hall–Kier alpha value is -3.01. The van der Waals surface area contributed by atoms with E-state index in [1.165, 1.54) is 11.3 Å². The first-order valence-electron chi connectivity index (χ1n) is 8.42. The van der Waals surface area contributed by atoms with Crippen molar-refractivity contribution in [3.05, 3.63) is 29.3 Å². The summed E-state index contributed by atoms with van der Waals surface area (Å²) in [5.41, 5.74) is 11.0. The van der Waals surface area contributed by atoms with Crippen molar-refractivity contribution in [2.75, 3.05) is 6.54 Å². The van der Waals surface area contributed by atoms with Crippen LogP contribution in [0.5, 0.6) is 0 Å². The SMILES string of the molecule is N=C(N)NCCCC(NC(=O)CCC(N)=O)C(=O)c1nc2ccccc2s1. The first kappa shape index (κ1) is 20.3. The molecule has 2 rings (SSSR count). The molecule has 7 N–H and O–H groups in total. The topological polar surface area (TPSA) is 164 Å².